The summed E-state index contributed by atoms with van der Waals surface area (Å²) in [4.78, 5) is 0. The molecule has 2 heteroatoms. The Morgan fingerprint density at radius 3 is 2.47 bits per heavy atom. The van der Waals surface area contributed by atoms with Crippen LogP contribution >= 0.6 is 22.6 Å². The van der Waals surface area contributed by atoms with Gasteiger partial charge in [-0.15, -0.1) is 0 Å². The SMILES string of the molecule is Cc1cc(-c2ccccc2F)ccc1I. The number of rotatable bonds is 1. The molecule has 0 fully saturated rings. The minimum atomic E-state index is -0.168. The molecule has 0 spiro atoms. The molecule has 76 valence electrons. The molecule has 0 atom stereocenters. The van der Waals surface area contributed by atoms with E-state index in [0.717, 1.165) is 5.56 Å². The maximum Gasteiger partial charge on any atom is 0.131 e. The predicted octanol–water partition coefficient (Wildman–Crippen LogP) is 4.41. The molecule has 2 aromatic rings. The highest BCUT2D eigenvalue weighted by molar-refractivity contribution is 14.1. The summed E-state index contributed by atoms with van der Waals surface area (Å²) < 4.78 is 14.7. The van der Waals surface area contributed by atoms with Gasteiger partial charge in [0.05, 0.1) is 0 Å². The summed E-state index contributed by atoms with van der Waals surface area (Å²) in [6.45, 7) is 2.03. The van der Waals surface area contributed by atoms with E-state index in [1.807, 2.05) is 31.2 Å². The molecule has 0 unspecified atom stereocenters. The maximum absolute atomic E-state index is 13.5. The summed E-state index contributed by atoms with van der Waals surface area (Å²) in [5, 5.41) is 0. The molecule has 0 N–H and O–H groups in total. The highest BCUT2D eigenvalue weighted by Gasteiger charge is 2.04. The Labute approximate surface area is 102 Å². The van der Waals surface area contributed by atoms with Crippen LogP contribution in [0.1, 0.15) is 5.56 Å². The van der Waals surface area contributed by atoms with Crippen molar-refractivity contribution in [3.8, 4) is 11.1 Å². The lowest BCUT2D eigenvalue weighted by molar-refractivity contribution is 0.631. The topological polar surface area (TPSA) is 0 Å². The predicted molar refractivity (Wildman–Crippen MR) is 69.3 cm³/mol. The molecule has 0 amide bonds. The van der Waals surface area contributed by atoms with Gasteiger partial charge in [0.2, 0.25) is 0 Å². The van der Waals surface area contributed by atoms with Crippen molar-refractivity contribution < 1.29 is 4.39 Å². The second kappa shape index (κ2) is 4.31. The molecule has 0 heterocycles. The summed E-state index contributed by atoms with van der Waals surface area (Å²) in [6, 6.07) is 12.8. The number of aryl methyl sites for hydroxylation is 1. The van der Waals surface area contributed by atoms with E-state index in [9.17, 15) is 4.39 Å². The number of halogens is 2. The van der Waals surface area contributed by atoms with E-state index in [1.54, 1.807) is 12.1 Å². The van der Waals surface area contributed by atoms with E-state index in [4.69, 9.17) is 0 Å². The van der Waals surface area contributed by atoms with Crippen LogP contribution in [0.4, 0.5) is 4.39 Å². The molecule has 0 saturated heterocycles. The molecule has 0 aromatic heterocycles. The molecule has 0 nitrogen and oxygen atoms in total. The smallest absolute Gasteiger partial charge is 0.131 e. The highest BCUT2D eigenvalue weighted by atomic mass is 127. The lowest BCUT2D eigenvalue weighted by atomic mass is 10.0. The lowest BCUT2D eigenvalue weighted by Gasteiger charge is -2.05. The van der Waals surface area contributed by atoms with Gasteiger partial charge in [-0.1, -0.05) is 30.3 Å². The Morgan fingerprint density at radius 2 is 1.80 bits per heavy atom. The quantitative estimate of drug-likeness (QED) is 0.685. The van der Waals surface area contributed by atoms with Crippen molar-refractivity contribution >= 4 is 22.6 Å². The molecule has 2 rings (SSSR count). The molecule has 2 aromatic carbocycles. The van der Waals surface area contributed by atoms with E-state index in [-0.39, 0.29) is 5.82 Å². The van der Waals surface area contributed by atoms with Crippen molar-refractivity contribution in [2.75, 3.05) is 0 Å². The van der Waals surface area contributed by atoms with Crippen LogP contribution in [0.2, 0.25) is 0 Å². The second-order valence-corrected chi connectivity index (χ2v) is 4.61. The summed E-state index contributed by atoms with van der Waals surface area (Å²) in [5.74, 6) is -0.168. The van der Waals surface area contributed by atoms with Crippen LogP contribution in [0.5, 0.6) is 0 Å². The number of hydrogen-bond acceptors (Lipinski definition) is 0. The standard InChI is InChI=1S/C13H10FI/c1-9-8-10(6-7-13(9)15)11-4-2-3-5-12(11)14/h2-8H,1H3. The Bertz CT molecular complexity index is 492. The number of benzene rings is 2. The molecular formula is C13H10FI. The van der Waals surface area contributed by atoms with Crippen molar-refractivity contribution in [2.45, 2.75) is 6.92 Å². The zero-order valence-electron chi connectivity index (χ0n) is 8.30. The van der Waals surface area contributed by atoms with Crippen molar-refractivity contribution in [3.05, 3.63) is 57.4 Å². The molecule has 0 bridgehead atoms. The Morgan fingerprint density at radius 1 is 1.07 bits per heavy atom. The zero-order chi connectivity index (χ0) is 10.8. The third kappa shape index (κ3) is 2.20. The van der Waals surface area contributed by atoms with Crippen molar-refractivity contribution in [3.63, 3.8) is 0 Å². The van der Waals surface area contributed by atoms with Gasteiger partial charge in [0, 0.05) is 9.13 Å². The maximum atomic E-state index is 13.5. The van der Waals surface area contributed by atoms with E-state index in [0.29, 0.717) is 5.56 Å². The Hall–Kier alpha value is -0.900. The van der Waals surface area contributed by atoms with E-state index in [2.05, 4.69) is 22.6 Å². The molecular weight excluding hydrogens is 302 g/mol. The fourth-order valence-electron chi connectivity index (χ4n) is 1.51. The van der Waals surface area contributed by atoms with Gasteiger partial charge in [0.25, 0.3) is 0 Å². The Balaban J connectivity index is 2.55. The van der Waals surface area contributed by atoms with Gasteiger partial charge in [0.1, 0.15) is 5.82 Å². The van der Waals surface area contributed by atoms with E-state index >= 15 is 0 Å². The van der Waals surface area contributed by atoms with Gasteiger partial charge in [0.15, 0.2) is 0 Å². The fourth-order valence-corrected chi connectivity index (χ4v) is 1.84. The average Bonchev–Trinajstić information content (AvgIpc) is 2.23. The van der Waals surface area contributed by atoms with Gasteiger partial charge in [-0.3, -0.25) is 0 Å². The summed E-state index contributed by atoms with van der Waals surface area (Å²) >= 11 is 2.28. The zero-order valence-corrected chi connectivity index (χ0v) is 10.5. The molecule has 0 aliphatic heterocycles. The summed E-state index contributed by atoms with van der Waals surface area (Å²) in [6.07, 6.45) is 0. The summed E-state index contributed by atoms with van der Waals surface area (Å²) in [5.41, 5.74) is 2.78. The molecule has 0 saturated carbocycles. The van der Waals surface area contributed by atoms with Crippen LogP contribution < -0.4 is 0 Å². The lowest BCUT2D eigenvalue weighted by Crippen LogP contribution is -1.86. The van der Waals surface area contributed by atoms with Crippen LogP contribution in [0.3, 0.4) is 0 Å². The molecule has 15 heavy (non-hydrogen) atoms. The first-order valence-corrected chi connectivity index (χ1v) is 5.77. The minimum absolute atomic E-state index is 0.168. The van der Waals surface area contributed by atoms with Crippen LogP contribution in [-0.4, -0.2) is 0 Å². The molecule has 0 radical (unpaired) electrons. The molecule has 0 aliphatic rings. The van der Waals surface area contributed by atoms with Crippen LogP contribution in [0.25, 0.3) is 11.1 Å². The first-order valence-electron chi connectivity index (χ1n) is 4.69. The van der Waals surface area contributed by atoms with Gasteiger partial charge in [-0.2, -0.15) is 0 Å². The van der Waals surface area contributed by atoms with E-state index in [1.165, 1.54) is 15.2 Å². The average molecular weight is 312 g/mol. The third-order valence-electron chi connectivity index (χ3n) is 2.34. The van der Waals surface area contributed by atoms with Crippen LogP contribution in [-0.2, 0) is 0 Å². The normalized spacial score (nSPS) is 10.3. The highest BCUT2D eigenvalue weighted by Crippen LogP contribution is 2.25. The van der Waals surface area contributed by atoms with Gasteiger partial charge >= 0.3 is 0 Å². The monoisotopic (exact) mass is 312 g/mol. The van der Waals surface area contributed by atoms with Gasteiger partial charge < -0.3 is 0 Å². The van der Waals surface area contributed by atoms with E-state index < -0.39 is 0 Å². The van der Waals surface area contributed by atoms with Gasteiger partial charge in [-0.25, -0.2) is 4.39 Å². The van der Waals surface area contributed by atoms with Crippen LogP contribution in [0, 0.1) is 16.3 Å². The minimum Gasteiger partial charge on any atom is -0.206 e. The fraction of sp³-hybridized carbons (Fsp3) is 0.0769. The Kier molecular flexibility index (Phi) is 3.05. The largest absolute Gasteiger partial charge is 0.206 e. The first-order chi connectivity index (χ1) is 7.18. The number of hydrogen-bond donors (Lipinski definition) is 0. The van der Waals surface area contributed by atoms with Crippen LogP contribution in [0.15, 0.2) is 42.5 Å². The summed E-state index contributed by atoms with van der Waals surface area (Å²) in [7, 11) is 0. The third-order valence-corrected chi connectivity index (χ3v) is 3.55. The van der Waals surface area contributed by atoms with Crippen molar-refractivity contribution in [2.24, 2.45) is 0 Å². The van der Waals surface area contributed by atoms with Crippen molar-refractivity contribution in [1.29, 1.82) is 0 Å². The van der Waals surface area contributed by atoms with Crippen molar-refractivity contribution in [1.82, 2.24) is 0 Å². The first kappa shape index (κ1) is 10.6. The van der Waals surface area contributed by atoms with Gasteiger partial charge in [-0.05, 0) is 52.8 Å². The second-order valence-electron chi connectivity index (χ2n) is 3.44. The molecule has 0 aliphatic carbocycles.